The first-order valence-corrected chi connectivity index (χ1v) is 9.08. The SMILES string of the molecule is COC(=O)Cc1cc(-c2nc(-c3ncn[nH]3)c(-c3ccccc3Cl)o2)c(C)cn1. The average molecular weight is 410 g/mol. The van der Waals surface area contributed by atoms with Crippen LogP contribution in [0.3, 0.4) is 0 Å². The summed E-state index contributed by atoms with van der Waals surface area (Å²) in [4.78, 5) is 24.7. The number of hydrogen-bond donors (Lipinski definition) is 1. The molecule has 0 saturated heterocycles. The van der Waals surface area contributed by atoms with Gasteiger partial charge in [-0.05, 0) is 30.7 Å². The highest BCUT2D eigenvalue weighted by atomic mass is 35.5. The molecule has 0 aliphatic carbocycles. The van der Waals surface area contributed by atoms with Crippen LogP contribution < -0.4 is 0 Å². The van der Waals surface area contributed by atoms with E-state index in [2.05, 4.69) is 25.1 Å². The molecule has 29 heavy (non-hydrogen) atoms. The highest BCUT2D eigenvalue weighted by molar-refractivity contribution is 6.33. The molecular weight excluding hydrogens is 394 g/mol. The summed E-state index contributed by atoms with van der Waals surface area (Å²) in [5.74, 6) is 0.903. The van der Waals surface area contributed by atoms with Gasteiger partial charge in [-0.15, -0.1) is 0 Å². The fourth-order valence-electron chi connectivity index (χ4n) is 2.86. The minimum atomic E-state index is -0.376. The maximum atomic E-state index is 11.6. The summed E-state index contributed by atoms with van der Waals surface area (Å²) < 4.78 is 10.9. The molecule has 3 aromatic heterocycles. The van der Waals surface area contributed by atoms with Crippen molar-refractivity contribution in [1.82, 2.24) is 25.1 Å². The van der Waals surface area contributed by atoms with Gasteiger partial charge < -0.3 is 9.15 Å². The smallest absolute Gasteiger partial charge is 0.311 e. The van der Waals surface area contributed by atoms with E-state index < -0.39 is 0 Å². The molecule has 0 unspecified atom stereocenters. The normalized spacial score (nSPS) is 10.9. The monoisotopic (exact) mass is 409 g/mol. The van der Waals surface area contributed by atoms with E-state index in [-0.39, 0.29) is 12.4 Å². The second-order valence-electron chi connectivity index (χ2n) is 6.25. The zero-order valence-corrected chi connectivity index (χ0v) is 16.4. The predicted octanol–water partition coefficient (Wildman–Crippen LogP) is 3.87. The van der Waals surface area contributed by atoms with Crippen LogP contribution >= 0.6 is 11.6 Å². The molecule has 0 amide bonds. The molecule has 8 nitrogen and oxygen atoms in total. The standard InChI is InChI=1S/C20H16ClN5O3/c1-11-9-22-12(8-16(27)28-2)7-14(11)20-25-17(19-23-10-24-26-19)18(29-20)13-5-3-4-6-15(13)21/h3-7,9-10H,8H2,1-2H3,(H,23,24,26). The van der Waals surface area contributed by atoms with Gasteiger partial charge in [0.25, 0.3) is 0 Å². The minimum absolute atomic E-state index is 0.0524. The number of ether oxygens (including phenoxy) is 1. The van der Waals surface area contributed by atoms with Crippen molar-refractivity contribution in [3.05, 3.63) is 59.1 Å². The van der Waals surface area contributed by atoms with Gasteiger partial charge in [0.1, 0.15) is 6.33 Å². The Kier molecular flexibility index (Phi) is 5.09. The molecule has 0 aliphatic rings. The fourth-order valence-corrected chi connectivity index (χ4v) is 3.08. The van der Waals surface area contributed by atoms with Crippen LogP contribution in [0.1, 0.15) is 11.3 Å². The Bertz CT molecular complexity index is 1170. The zero-order chi connectivity index (χ0) is 20.4. The van der Waals surface area contributed by atoms with E-state index >= 15 is 0 Å². The van der Waals surface area contributed by atoms with Gasteiger partial charge >= 0.3 is 5.97 Å². The quantitative estimate of drug-likeness (QED) is 0.498. The van der Waals surface area contributed by atoms with Crippen LogP contribution in [0.2, 0.25) is 5.02 Å². The third-order valence-corrected chi connectivity index (χ3v) is 4.66. The first-order chi connectivity index (χ1) is 14.1. The summed E-state index contributed by atoms with van der Waals surface area (Å²) >= 11 is 6.38. The Morgan fingerprint density at radius 2 is 2.07 bits per heavy atom. The number of esters is 1. The molecule has 0 fully saturated rings. The molecule has 1 N–H and O–H groups in total. The number of rotatable bonds is 5. The van der Waals surface area contributed by atoms with Crippen LogP contribution in [0, 0.1) is 6.92 Å². The van der Waals surface area contributed by atoms with E-state index in [0.29, 0.717) is 45.0 Å². The zero-order valence-electron chi connectivity index (χ0n) is 15.6. The molecule has 0 radical (unpaired) electrons. The molecule has 0 saturated carbocycles. The number of nitrogens with one attached hydrogen (secondary N) is 1. The second-order valence-corrected chi connectivity index (χ2v) is 6.66. The topological polar surface area (TPSA) is 107 Å². The maximum absolute atomic E-state index is 11.6. The second kappa shape index (κ2) is 7.84. The van der Waals surface area contributed by atoms with Crippen LogP contribution in [-0.2, 0) is 16.0 Å². The number of aromatic amines is 1. The third-order valence-electron chi connectivity index (χ3n) is 4.33. The first kappa shape index (κ1) is 18.8. The summed E-state index contributed by atoms with van der Waals surface area (Å²) in [5, 5.41) is 7.23. The van der Waals surface area contributed by atoms with Crippen LogP contribution in [0.5, 0.6) is 0 Å². The number of carbonyl (C=O) groups is 1. The van der Waals surface area contributed by atoms with Gasteiger partial charge in [0.05, 0.1) is 24.2 Å². The number of carbonyl (C=O) groups excluding carboxylic acids is 1. The molecular formula is C20H16ClN5O3. The molecule has 0 bridgehead atoms. The fraction of sp³-hybridized carbons (Fsp3) is 0.150. The molecule has 3 heterocycles. The molecule has 4 rings (SSSR count). The number of halogens is 1. The van der Waals surface area contributed by atoms with E-state index in [9.17, 15) is 4.79 Å². The van der Waals surface area contributed by atoms with Crippen molar-refractivity contribution in [3.8, 4) is 34.3 Å². The molecule has 0 atom stereocenters. The van der Waals surface area contributed by atoms with E-state index in [1.54, 1.807) is 18.3 Å². The van der Waals surface area contributed by atoms with Crippen LogP contribution in [0.4, 0.5) is 0 Å². The lowest BCUT2D eigenvalue weighted by Gasteiger charge is -2.05. The molecule has 9 heteroatoms. The third kappa shape index (κ3) is 3.74. The predicted molar refractivity (Wildman–Crippen MR) is 106 cm³/mol. The van der Waals surface area contributed by atoms with E-state index in [1.807, 2.05) is 25.1 Å². The Hall–Kier alpha value is -3.52. The summed E-state index contributed by atoms with van der Waals surface area (Å²) in [6, 6.07) is 9.08. The van der Waals surface area contributed by atoms with Crippen molar-refractivity contribution < 1.29 is 13.9 Å². The van der Waals surface area contributed by atoms with Crippen LogP contribution in [-0.4, -0.2) is 38.2 Å². The highest BCUT2D eigenvalue weighted by Gasteiger charge is 2.23. The van der Waals surface area contributed by atoms with Gasteiger partial charge in [-0.25, -0.2) is 9.97 Å². The number of oxazole rings is 1. The van der Waals surface area contributed by atoms with Crippen LogP contribution in [0.15, 0.2) is 47.3 Å². The van der Waals surface area contributed by atoms with Gasteiger partial charge in [0, 0.05) is 17.3 Å². The number of nitrogens with zero attached hydrogens (tertiary/aromatic N) is 4. The Morgan fingerprint density at radius 1 is 1.24 bits per heavy atom. The van der Waals surface area contributed by atoms with Gasteiger partial charge in [-0.3, -0.25) is 14.9 Å². The lowest BCUT2D eigenvalue weighted by Crippen LogP contribution is -2.06. The lowest BCUT2D eigenvalue weighted by molar-refractivity contribution is -0.139. The van der Waals surface area contributed by atoms with E-state index in [4.69, 9.17) is 20.8 Å². The van der Waals surface area contributed by atoms with Gasteiger partial charge in [-0.2, -0.15) is 5.10 Å². The lowest BCUT2D eigenvalue weighted by atomic mass is 10.1. The Morgan fingerprint density at radius 3 is 2.79 bits per heavy atom. The molecule has 1 aromatic carbocycles. The summed E-state index contributed by atoms with van der Waals surface area (Å²) in [5.41, 5.74) is 3.26. The molecule has 146 valence electrons. The molecule has 0 spiro atoms. The number of H-pyrrole nitrogens is 1. The van der Waals surface area contributed by atoms with Gasteiger partial charge in [-0.1, -0.05) is 23.7 Å². The highest BCUT2D eigenvalue weighted by Crippen LogP contribution is 2.38. The number of pyridine rings is 1. The molecule has 4 aromatic rings. The first-order valence-electron chi connectivity index (χ1n) is 8.71. The van der Waals surface area contributed by atoms with Gasteiger partial charge in [0.15, 0.2) is 17.3 Å². The number of benzene rings is 1. The summed E-state index contributed by atoms with van der Waals surface area (Å²) in [6.45, 7) is 1.89. The van der Waals surface area contributed by atoms with Crippen molar-refractivity contribution in [2.75, 3.05) is 7.11 Å². The summed E-state index contributed by atoms with van der Waals surface area (Å²) in [6.07, 6.45) is 3.12. The number of methoxy groups -OCH3 is 1. The Labute approximate surface area is 170 Å². The van der Waals surface area contributed by atoms with Crippen LogP contribution in [0.25, 0.3) is 34.3 Å². The average Bonchev–Trinajstić information content (AvgIpc) is 3.39. The van der Waals surface area contributed by atoms with Crippen molar-refractivity contribution in [3.63, 3.8) is 0 Å². The molecule has 0 aliphatic heterocycles. The van der Waals surface area contributed by atoms with Crippen molar-refractivity contribution in [1.29, 1.82) is 0 Å². The van der Waals surface area contributed by atoms with E-state index in [0.717, 1.165) is 5.56 Å². The minimum Gasteiger partial charge on any atom is -0.469 e. The number of hydrogen-bond acceptors (Lipinski definition) is 7. The Balaban J connectivity index is 1.86. The van der Waals surface area contributed by atoms with Crippen molar-refractivity contribution in [2.24, 2.45) is 0 Å². The van der Waals surface area contributed by atoms with Gasteiger partial charge in [0.2, 0.25) is 5.89 Å². The largest absolute Gasteiger partial charge is 0.469 e. The van der Waals surface area contributed by atoms with E-state index in [1.165, 1.54) is 13.4 Å². The maximum Gasteiger partial charge on any atom is 0.311 e. The number of aryl methyl sites for hydroxylation is 1. The number of aromatic nitrogens is 5. The van der Waals surface area contributed by atoms with Crippen molar-refractivity contribution >= 4 is 17.6 Å². The summed E-state index contributed by atoms with van der Waals surface area (Å²) in [7, 11) is 1.34. The van der Waals surface area contributed by atoms with Crippen molar-refractivity contribution in [2.45, 2.75) is 13.3 Å².